The van der Waals surface area contributed by atoms with Gasteiger partial charge in [-0.25, -0.2) is 4.39 Å². The zero-order valence-corrected chi connectivity index (χ0v) is 7.08. The van der Waals surface area contributed by atoms with Gasteiger partial charge in [0, 0.05) is 11.8 Å². The maximum Gasteiger partial charge on any atom is 0.0995 e. The van der Waals surface area contributed by atoms with E-state index < -0.39 is 12.1 Å². The largest absolute Gasteiger partial charge is 0.250 e. The zero-order valence-electron chi connectivity index (χ0n) is 7.08. The smallest absolute Gasteiger partial charge is 0.0995 e. The summed E-state index contributed by atoms with van der Waals surface area (Å²) in [5.41, 5.74) is 0.375. The van der Waals surface area contributed by atoms with Gasteiger partial charge in [0.25, 0.3) is 0 Å². The van der Waals surface area contributed by atoms with E-state index in [0.29, 0.717) is 6.42 Å². The van der Waals surface area contributed by atoms with Crippen molar-refractivity contribution >= 4 is 0 Å². The summed E-state index contributed by atoms with van der Waals surface area (Å²) in [5.74, 6) is -0.101. The van der Waals surface area contributed by atoms with Gasteiger partial charge in [-0.15, -0.1) is 0 Å². The molecule has 0 radical (unpaired) electrons. The Hall–Kier alpha value is -0.400. The molecule has 1 aliphatic carbocycles. The average molecular weight is 160 g/mol. The van der Waals surface area contributed by atoms with Gasteiger partial charge in [0.1, 0.15) is 0 Å². The van der Waals surface area contributed by atoms with Gasteiger partial charge in [-0.05, 0) is 25.3 Å². The minimum atomic E-state index is -0.427. The van der Waals surface area contributed by atoms with Crippen LogP contribution in [0.5, 0.6) is 0 Å². The number of halogens is 2. The van der Waals surface area contributed by atoms with Crippen molar-refractivity contribution in [2.24, 2.45) is 5.41 Å². The fourth-order valence-corrected chi connectivity index (χ4v) is 1.35. The summed E-state index contributed by atoms with van der Waals surface area (Å²) in [6.07, 6.45) is 1.78. The lowest BCUT2D eigenvalue weighted by Gasteiger charge is -2.30. The molecular formula is C9H14F2. The predicted octanol–water partition coefficient (Wildman–Crippen LogP) is 3.39. The van der Waals surface area contributed by atoms with Crippen LogP contribution in [0.4, 0.5) is 8.78 Å². The quantitative estimate of drug-likeness (QED) is 0.551. The molecule has 1 rings (SSSR count). The summed E-state index contributed by atoms with van der Waals surface area (Å²) in [5, 5.41) is 0. The predicted molar refractivity (Wildman–Crippen MR) is 41.7 cm³/mol. The van der Waals surface area contributed by atoms with Crippen LogP contribution in [0.3, 0.4) is 0 Å². The molecule has 1 atom stereocenters. The number of allylic oxidation sites excluding steroid dienone is 2. The highest BCUT2D eigenvalue weighted by molar-refractivity contribution is 5.12. The van der Waals surface area contributed by atoms with Crippen molar-refractivity contribution in [3.8, 4) is 0 Å². The van der Waals surface area contributed by atoms with Gasteiger partial charge in [0.2, 0.25) is 0 Å². The molecule has 64 valence electrons. The first-order valence-electron chi connectivity index (χ1n) is 3.97. The molecule has 11 heavy (non-hydrogen) atoms. The van der Waals surface area contributed by atoms with Crippen LogP contribution in [-0.4, -0.2) is 6.67 Å². The van der Waals surface area contributed by atoms with E-state index in [2.05, 4.69) is 0 Å². The third-order valence-electron chi connectivity index (χ3n) is 2.47. The molecule has 0 aliphatic heterocycles. The van der Waals surface area contributed by atoms with Crippen LogP contribution in [0.2, 0.25) is 0 Å². The Kier molecular flexibility index (Phi) is 2.31. The molecule has 0 heterocycles. The van der Waals surface area contributed by atoms with Crippen molar-refractivity contribution in [1.29, 1.82) is 0 Å². The van der Waals surface area contributed by atoms with Gasteiger partial charge in [-0.2, -0.15) is 0 Å². The van der Waals surface area contributed by atoms with E-state index in [9.17, 15) is 8.78 Å². The third kappa shape index (κ3) is 1.79. The van der Waals surface area contributed by atoms with Gasteiger partial charge in [0.15, 0.2) is 0 Å². The van der Waals surface area contributed by atoms with Crippen molar-refractivity contribution in [2.75, 3.05) is 6.67 Å². The van der Waals surface area contributed by atoms with Gasteiger partial charge >= 0.3 is 0 Å². The van der Waals surface area contributed by atoms with Gasteiger partial charge in [0.05, 0.1) is 12.5 Å². The summed E-state index contributed by atoms with van der Waals surface area (Å²) in [7, 11) is 0. The number of alkyl halides is 1. The van der Waals surface area contributed by atoms with E-state index in [1.54, 1.807) is 13.8 Å². The van der Waals surface area contributed by atoms with Crippen LogP contribution in [0.25, 0.3) is 0 Å². The van der Waals surface area contributed by atoms with Gasteiger partial charge in [-0.3, -0.25) is 4.39 Å². The maximum atomic E-state index is 13.0. The second-order valence-electron chi connectivity index (χ2n) is 3.81. The van der Waals surface area contributed by atoms with Crippen LogP contribution in [0, 0.1) is 5.41 Å². The minimum Gasteiger partial charge on any atom is -0.250 e. The van der Waals surface area contributed by atoms with Crippen LogP contribution >= 0.6 is 0 Å². The Bertz CT molecular complexity index is 184. The normalized spacial score (nSPS) is 32.7. The fourth-order valence-electron chi connectivity index (χ4n) is 1.35. The summed E-state index contributed by atoms with van der Waals surface area (Å²) in [6.45, 7) is 3.18. The number of rotatable bonds is 1. The highest BCUT2D eigenvalue weighted by Crippen LogP contribution is 2.39. The van der Waals surface area contributed by atoms with Crippen molar-refractivity contribution in [1.82, 2.24) is 0 Å². The fraction of sp³-hybridized carbons (Fsp3) is 0.778. The molecule has 0 fully saturated rings. The molecule has 0 bridgehead atoms. The number of hydrogen-bond acceptors (Lipinski definition) is 0. The average Bonchev–Trinajstić information content (AvgIpc) is 1.98. The SMILES string of the molecule is CC1=C(F)CC(C)(CF)CC1. The molecule has 0 nitrogen and oxygen atoms in total. The van der Waals surface area contributed by atoms with Crippen LogP contribution in [0.15, 0.2) is 11.4 Å². The highest BCUT2D eigenvalue weighted by atomic mass is 19.1. The molecule has 2 heteroatoms. The van der Waals surface area contributed by atoms with Gasteiger partial charge in [-0.1, -0.05) is 6.92 Å². The van der Waals surface area contributed by atoms with Crippen molar-refractivity contribution < 1.29 is 8.78 Å². The summed E-state index contributed by atoms with van der Waals surface area (Å²) >= 11 is 0. The Balaban J connectivity index is 2.71. The molecule has 0 amide bonds. The lowest BCUT2D eigenvalue weighted by molar-refractivity contribution is 0.187. The first-order chi connectivity index (χ1) is 5.07. The van der Waals surface area contributed by atoms with E-state index in [0.717, 1.165) is 12.0 Å². The lowest BCUT2D eigenvalue weighted by atomic mass is 9.77. The van der Waals surface area contributed by atoms with Crippen LogP contribution in [0.1, 0.15) is 33.1 Å². The van der Waals surface area contributed by atoms with Crippen molar-refractivity contribution in [2.45, 2.75) is 33.1 Å². The molecular weight excluding hydrogens is 146 g/mol. The molecule has 0 spiro atoms. The van der Waals surface area contributed by atoms with E-state index in [4.69, 9.17) is 0 Å². The second kappa shape index (κ2) is 2.92. The molecule has 1 unspecified atom stereocenters. The topological polar surface area (TPSA) is 0 Å². The van der Waals surface area contributed by atoms with E-state index in [1.165, 1.54) is 0 Å². The zero-order chi connectivity index (χ0) is 8.48. The minimum absolute atomic E-state index is 0.101. The Morgan fingerprint density at radius 3 is 2.64 bits per heavy atom. The summed E-state index contributed by atoms with van der Waals surface area (Å²) < 4.78 is 25.3. The molecule has 1 aliphatic rings. The van der Waals surface area contributed by atoms with E-state index in [1.807, 2.05) is 0 Å². The highest BCUT2D eigenvalue weighted by Gasteiger charge is 2.30. The molecule has 0 aromatic carbocycles. The van der Waals surface area contributed by atoms with Crippen LogP contribution in [-0.2, 0) is 0 Å². The van der Waals surface area contributed by atoms with E-state index >= 15 is 0 Å². The van der Waals surface area contributed by atoms with E-state index in [-0.39, 0.29) is 12.2 Å². The summed E-state index contributed by atoms with van der Waals surface area (Å²) in [4.78, 5) is 0. The van der Waals surface area contributed by atoms with Gasteiger partial charge < -0.3 is 0 Å². The molecule has 0 N–H and O–H groups in total. The monoisotopic (exact) mass is 160 g/mol. The third-order valence-corrected chi connectivity index (χ3v) is 2.47. The molecule has 0 aromatic heterocycles. The Morgan fingerprint density at radius 2 is 2.18 bits per heavy atom. The Morgan fingerprint density at radius 1 is 1.55 bits per heavy atom. The van der Waals surface area contributed by atoms with Crippen LogP contribution < -0.4 is 0 Å². The van der Waals surface area contributed by atoms with Crippen molar-refractivity contribution in [3.05, 3.63) is 11.4 Å². The first kappa shape index (κ1) is 8.69. The van der Waals surface area contributed by atoms with Crippen molar-refractivity contribution in [3.63, 3.8) is 0 Å². The second-order valence-corrected chi connectivity index (χ2v) is 3.81. The standard InChI is InChI=1S/C9H14F2/c1-7-3-4-9(2,6-10)5-8(7)11/h3-6H2,1-2H3. The maximum absolute atomic E-state index is 13.0. The summed E-state index contributed by atoms with van der Waals surface area (Å²) in [6, 6.07) is 0. The molecule has 0 aromatic rings. The first-order valence-corrected chi connectivity index (χ1v) is 3.97. The Labute approximate surface area is 66.3 Å². The molecule has 0 saturated heterocycles. The lowest BCUT2D eigenvalue weighted by Crippen LogP contribution is -2.22. The number of hydrogen-bond donors (Lipinski definition) is 0. The molecule has 0 saturated carbocycles.